The van der Waals surface area contributed by atoms with Gasteiger partial charge in [-0.2, -0.15) is 0 Å². The van der Waals surface area contributed by atoms with Gasteiger partial charge in [0, 0.05) is 14.2 Å². The molecule has 2 unspecified atom stereocenters. The Labute approximate surface area is 81.0 Å². The molecule has 1 fully saturated rings. The van der Waals surface area contributed by atoms with Gasteiger partial charge in [-0.1, -0.05) is 6.92 Å². The molecule has 1 aliphatic heterocycles. The fraction of sp³-hybridized carbons (Fsp3) is 0.875. The summed E-state index contributed by atoms with van der Waals surface area (Å²) in [6.07, 6.45) is 0.975. The molecule has 0 N–H and O–H groups in total. The number of rotatable bonds is 7. The van der Waals surface area contributed by atoms with Crippen LogP contribution in [0.1, 0.15) is 6.42 Å². The minimum Gasteiger partial charge on any atom is -0.398 e. The van der Waals surface area contributed by atoms with Crippen LogP contribution in [-0.4, -0.2) is 48.5 Å². The van der Waals surface area contributed by atoms with Crippen LogP contribution < -0.4 is 0 Å². The van der Waals surface area contributed by atoms with Gasteiger partial charge in [0.2, 0.25) is 0 Å². The maximum absolute atomic E-state index is 5.58. The quantitative estimate of drug-likeness (QED) is 0.435. The molecule has 0 aliphatic carbocycles. The Morgan fingerprint density at radius 1 is 1.54 bits per heavy atom. The summed E-state index contributed by atoms with van der Waals surface area (Å²) in [6, 6.07) is 0. The number of ether oxygens (including phenoxy) is 2. The van der Waals surface area contributed by atoms with Crippen molar-refractivity contribution in [3.05, 3.63) is 6.92 Å². The summed E-state index contributed by atoms with van der Waals surface area (Å²) in [5.41, 5.74) is 0.0270. The van der Waals surface area contributed by atoms with Crippen LogP contribution in [-0.2, 0) is 18.3 Å². The lowest BCUT2D eigenvalue weighted by atomic mass is 10.5. The molecule has 2 atom stereocenters. The molecule has 0 bridgehead atoms. The third kappa shape index (κ3) is 3.74. The second-order valence-electron chi connectivity index (χ2n) is 2.96. The van der Waals surface area contributed by atoms with Crippen LogP contribution in [0.15, 0.2) is 0 Å². The predicted molar refractivity (Wildman–Crippen MR) is 50.6 cm³/mol. The molecule has 0 spiro atoms. The molecule has 1 aliphatic rings. The average molecular weight is 205 g/mol. The minimum atomic E-state index is -1.68. The zero-order valence-corrected chi connectivity index (χ0v) is 9.35. The summed E-state index contributed by atoms with van der Waals surface area (Å²) >= 11 is 0. The van der Waals surface area contributed by atoms with Crippen LogP contribution in [0, 0.1) is 6.92 Å². The Morgan fingerprint density at radius 3 is 2.54 bits per heavy atom. The summed E-state index contributed by atoms with van der Waals surface area (Å²) in [5.74, 6) is 0. The van der Waals surface area contributed by atoms with Gasteiger partial charge in [0.15, 0.2) is 0 Å². The van der Waals surface area contributed by atoms with Crippen molar-refractivity contribution in [2.45, 2.75) is 18.3 Å². The molecule has 0 aromatic rings. The molecule has 0 saturated carbocycles. The molecule has 0 aromatic heterocycles. The zero-order chi connectivity index (χ0) is 9.68. The smallest absolute Gasteiger partial charge is 0.350 e. The summed E-state index contributed by atoms with van der Waals surface area (Å²) < 4.78 is 21.1. The Kier molecular flexibility index (Phi) is 4.90. The maximum atomic E-state index is 5.58. The van der Waals surface area contributed by atoms with E-state index in [1.54, 1.807) is 14.2 Å². The first kappa shape index (κ1) is 11.1. The number of hydrogen-bond donors (Lipinski definition) is 0. The van der Waals surface area contributed by atoms with E-state index in [0.29, 0.717) is 13.0 Å². The molecule has 1 heterocycles. The molecule has 0 amide bonds. The van der Waals surface area contributed by atoms with Crippen LogP contribution in [0.3, 0.4) is 0 Å². The summed E-state index contributed by atoms with van der Waals surface area (Å²) in [4.78, 5) is 0. The standard InChI is InChI=1S/C8H17O4Si/c1-4-8(13(9-2)10-3)12-6-7-5-11-7/h7-8,13H,1,4-6H2,2-3H3. The Morgan fingerprint density at radius 2 is 2.15 bits per heavy atom. The Balaban J connectivity index is 2.21. The van der Waals surface area contributed by atoms with Gasteiger partial charge in [0.25, 0.3) is 0 Å². The highest BCUT2D eigenvalue weighted by Crippen LogP contribution is 2.12. The van der Waals surface area contributed by atoms with Gasteiger partial charge in [-0.05, 0) is 6.42 Å². The van der Waals surface area contributed by atoms with Crippen LogP contribution >= 0.6 is 0 Å². The first-order chi connectivity index (χ1) is 6.31. The fourth-order valence-electron chi connectivity index (χ4n) is 1.09. The van der Waals surface area contributed by atoms with Crippen molar-refractivity contribution in [3.8, 4) is 0 Å². The van der Waals surface area contributed by atoms with Gasteiger partial charge in [0.1, 0.15) is 6.10 Å². The van der Waals surface area contributed by atoms with Crippen LogP contribution in [0.4, 0.5) is 0 Å². The van der Waals surface area contributed by atoms with Gasteiger partial charge in [-0.25, -0.2) is 0 Å². The summed E-state index contributed by atoms with van der Waals surface area (Å²) in [7, 11) is 1.63. The van der Waals surface area contributed by atoms with Crippen molar-refractivity contribution < 1.29 is 18.3 Å². The van der Waals surface area contributed by atoms with Crippen molar-refractivity contribution >= 4 is 9.28 Å². The van der Waals surface area contributed by atoms with Gasteiger partial charge >= 0.3 is 9.28 Å². The van der Waals surface area contributed by atoms with Gasteiger partial charge in [-0.15, -0.1) is 0 Å². The lowest BCUT2D eigenvalue weighted by Crippen LogP contribution is -2.38. The van der Waals surface area contributed by atoms with Crippen LogP contribution in [0.5, 0.6) is 0 Å². The van der Waals surface area contributed by atoms with E-state index in [4.69, 9.17) is 18.3 Å². The SMILES string of the molecule is [CH2]CC(OCC1CO1)[SiH](OC)OC. The normalized spacial score (nSPS) is 23.5. The molecule has 1 rings (SSSR count). The van der Waals surface area contributed by atoms with Crippen molar-refractivity contribution in [1.29, 1.82) is 0 Å². The Hall–Kier alpha value is 0.0569. The highest BCUT2D eigenvalue weighted by Gasteiger charge is 2.28. The first-order valence-electron chi connectivity index (χ1n) is 4.39. The molecule has 1 radical (unpaired) electrons. The lowest BCUT2D eigenvalue weighted by molar-refractivity contribution is 0.0610. The number of hydrogen-bond acceptors (Lipinski definition) is 4. The predicted octanol–water partition coefficient (Wildman–Crippen LogP) is 0.0471. The summed E-state index contributed by atoms with van der Waals surface area (Å²) in [5, 5.41) is 0. The molecular weight excluding hydrogens is 188 g/mol. The topological polar surface area (TPSA) is 40.2 Å². The van der Waals surface area contributed by atoms with E-state index in [2.05, 4.69) is 6.92 Å². The number of epoxide rings is 1. The highest BCUT2D eigenvalue weighted by atomic mass is 28.3. The van der Waals surface area contributed by atoms with E-state index in [0.717, 1.165) is 6.61 Å². The van der Waals surface area contributed by atoms with E-state index in [1.807, 2.05) is 0 Å². The zero-order valence-electron chi connectivity index (χ0n) is 8.19. The van der Waals surface area contributed by atoms with Crippen LogP contribution in [0.25, 0.3) is 0 Å². The largest absolute Gasteiger partial charge is 0.398 e. The fourth-order valence-corrected chi connectivity index (χ4v) is 2.43. The first-order valence-corrected chi connectivity index (χ1v) is 6.00. The average Bonchev–Trinajstić information content (AvgIpc) is 2.96. The van der Waals surface area contributed by atoms with E-state index in [-0.39, 0.29) is 11.8 Å². The molecule has 4 nitrogen and oxygen atoms in total. The molecule has 0 aromatic carbocycles. The van der Waals surface area contributed by atoms with Crippen molar-refractivity contribution in [3.63, 3.8) is 0 Å². The van der Waals surface area contributed by atoms with E-state index in [9.17, 15) is 0 Å². The van der Waals surface area contributed by atoms with Gasteiger partial charge in [0.05, 0.1) is 18.9 Å². The third-order valence-corrected chi connectivity index (χ3v) is 4.01. The van der Waals surface area contributed by atoms with Gasteiger partial charge in [-0.3, -0.25) is 0 Å². The minimum absolute atomic E-state index is 0.0270. The molecule has 13 heavy (non-hydrogen) atoms. The van der Waals surface area contributed by atoms with Crippen molar-refractivity contribution in [2.24, 2.45) is 0 Å². The van der Waals surface area contributed by atoms with E-state index in [1.165, 1.54) is 0 Å². The monoisotopic (exact) mass is 205 g/mol. The third-order valence-electron chi connectivity index (χ3n) is 1.95. The molecular formula is C8H17O4Si. The van der Waals surface area contributed by atoms with Crippen molar-refractivity contribution in [1.82, 2.24) is 0 Å². The lowest BCUT2D eigenvalue weighted by Gasteiger charge is -2.21. The maximum Gasteiger partial charge on any atom is 0.350 e. The second kappa shape index (κ2) is 5.72. The van der Waals surface area contributed by atoms with Crippen LogP contribution in [0.2, 0.25) is 0 Å². The van der Waals surface area contributed by atoms with E-state index < -0.39 is 9.28 Å². The molecule has 1 saturated heterocycles. The summed E-state index contributed by atoms with van der Waals surface area (Å²) in [6.45, 7) is 5.26. The molecule has 5 heteroatoms. The molecule has 77 valence electrons. The van der Waals surface area contributed by atoms with E-state index >= 15 is 0 Å². The highest BCUT2D eigenvalue weighted by molar-refractivity contribution is 6.45. The Bertz CT molecular complexity index is 136. The van der Waals surface area contributed by atoms with Crippen molar-refractivity contribution in [2.75, 3.05) is 27.4 Å². The second-order valence-corrected chi connectivity index (χ2v) is 5.38. The van der Waals surface area contributed by atoms with Gasteiger partial charge < -0.3 is 18.3 Å².